The summed E-state index contributed by atoms with van der Waals surface area (Å²) >= 11 is 0. The van der Waals surface area contributed by atoms with Gasteiger partial charge in [0.25, 0.3) is 0 Å². The second kappa shape index (κ2) is 11.1. The lowest BCUT2D eigenvalue weighted by Gasteiger charge is -2.40. The van der Waals surface area contributed by atoms with Gasteiger partial charge in [-0.3, -0.25) is 14.5 Å². The van der Waals surface area contributed by atoms with Gasteiger partial charge in [0.05, 0.1) is 5.92 Å². The molecule has 1 fully saturated rings. The van der Waals surface area contributed by atoms with Gasteiger partial charge < -0.3 is 10.0 Å². The molecule has 1 N–H and O–H groups in total. The molecule has 1 atom stereocenters. The molecule has 176 valence electrons. The number of carboxylic acid groups (broad SMARTS) is 1. The van der Waals surface area contributed by atoms with Crippen LogP contribution in [0.2, 0.25) is 0 Å². The van der Waals surface area contributed by atoms with Crippen LogP contribution in [0.15, 0.2) is 84.9 Å². The molecular weight excluding hydrogens is 424 g/mol. The van der Waals surface area contributed by atoms with Crippen LogP contribution in [0.25, 0.3) is 0 Å². The molecule has 0 unspecified atom stereocenters. The summed E-state index contributed by atoms with van der Waals surface area (Å²) in [5.41, 5.74) is 4.32. The fraction of sp³-hybridized carbons (Fsp3) is 0.310. The molecule has 0 aromatic heterocycles. The topological polar surface area (TPSA) is 60.9 Å². The van der Waals surface area contributed by atoms with Gasteiger partial charge in [-0.15, -0.1) is 0 Å². The molecule has 1 aliphatic heterocycles. The first kappa shape index (κ1) is 23.7. The predicted octanol–water partition coefficient (Wildman–Crippen LogP) is 4.88. The van der Waals surface area contributed by atoms with Gasteiger partial charge in [0.1, 0.15) is 0 Å². The van der Waals surface area contributed by atoms with Gasteiger partial charge in [-0.05, 0) is 30.0 Å². The zero-order valence-corrected chi connectivity index (χ0v) is 19.6. The van der Waals surface area contributed by atoms with E-state index < -0.39 is 5.97 Å². The second-order valence-corrected chi connectivity index (χ2v) is 8.97. The first-order valence-corrected chi connectivity index (χ1v) is 11.9. The summed E-state index contributed by atoms with van der Waals surface area (Å²) in [5.74, 6) is -0.984. The largest absolute Gasteiger partial charge is 0.481 e. The van der Waals surface area contributed by atoms with Crippen molar-refractivity contribution >= 4 is 11.9 Å². The Bertz CT molecular complexity index is 1040. The SMILES string of the molecule is Cc1ccc([C@H](CCC(=O)O)N2CCN(C(=O)C(c3ccccc3)c3ccccc3)CC2)cc1. The average Bonchev–Trinajstić information content (AvgIpc) is 2.87. The van der Waals surface area contributed by atoms with Crippen LogP contribution in [0.4, 0.5) is 0 Å². The molecule has 5 nitrogen and oxygen atoms in total. The summed E-state index contributed by atoms with van der Waals surface area (Å²) in [4.78, 5) is 29.3. The van der Waals surface area contributed by atoms with Crippen molar-refractivity contribution in [2.45, 2.75) is 31.7 Å². The number of aliphatic carboxylic acids is 1. The van der Waals surface area contributed by atoms with Gasteiger partial charge in [-0.1, -0.05) is 90.5 Å². The minimum absolute atomic E-state index is 0.0352. The third-order valence-corrected chi connectivity index (χ3v) is 6.67. The molecule has 3 aromatic carbocycles. The molecule has 0 aliphatic carbocycles. The van der Waals surface area contributed by atoms with Crippen molar-refractivity contribution in [2.75, 3.05) is 26.2 Å². The maximum absolute atomic E-state index is 13.7. The van der Waals surface area contributed by atoms with Crippen molar-refractivity contribution in [3.05, 3.63) is 107 Å². The average molecular weight is 457 g/mol. The minimum Gasteiger partial charge on any atom is -0.481 e. The molecule has 4 rings (SSSR count). The Labute approximate surface area is 201 Å². The monoisotopic (exact) mass is 456 g/mol. The number of carbonyl (C=O) groups excluding carboxylic acids is 1. The smallest absolute Gasteiger partial charge is 0.303 e. The van der Waals surface area contributed by atoms with E-state index in [0.717, 1.165) is 29.8 Å². The highest BCUT2D eigenvalue weighted by Gasteiger charge is 2.32. The van der Waals surface area contributed by atoms with Crippen molar-refractivity contribution in [3.8, 4) is 0 Å². The van der Waals surface area contributed by atoms with Crippen molar-refractivity contribution < 1.29 is 14.7 Å². The fourth-order valence-corrected chi connectivity index (χ4v) is 4.81. The zero-order valence-electron chi connectivity index (χ0n) is 19.6. The van der Waals surface area contributed by atoms with Gasteiger partial charge in [0.15, 0.2) is 0 Å². The van der Waals surface area contributed by atoms with E-state index in [-0.39, 0.29) is 24.3 Å². The molecule has 0 bridgehead atoms. The van der Waals surface area contributed by atoms with Gasteiger partial charge in [0, 0.05) is 38.6 Å². The van der Waals surface area contributed by atoms with E-state index in [9.17, 15) is 14.7 Å². The van der Waals surface area contributed by atoms with Crippen molar-refractivity contribution in [2.24, 2.45) is 0 Å². The van der Waals surface area contributed by atoms with Crippen LogP contribution in [-0.2, 0) is 9.59 Å². The fourth-order valence-electron chi connectivity index (χ4n) is 4.81. The number of hydrogen-bond donors (Lipinski definition) is 1. The van der Waals surface area contributed by atoms with Crippen LogP contribution in [0.1, 0.15) is 47.1 Å². The lowest BCUT2D eigenvalue weighted by Crippen LogP contribution is -2.51. The number of nitrogens with zero attached hydrogens (tertiary/aromatic N) is 2. The lowest BCUT2D eigenvalue weighted by atomic mass is 9.89. The number of carbonyl (C=O) groups is 2. The Balaban J connectivity index is 1.50. The van der Waals surface area contributed by atoms with E-state index in [1.54, 1.807) is 0 Å². The first-order chi connectivity index (χ1) is 16.5. The first-order valence-electron chi connectivity index (χ1n) is 11.9. The number of rotatable bonds is 8. The predicted molar refractivity (Wildman–Crippen MR) is 134 cm³/mol. The van der Waals surface area contributed by atoms with E-state index in [4.69, 9.17) is 0 Å². The lowest BCUT2D eigenvalue weighted by molar-refractivity contribution is -0.137. The summed E-state index contributed by atoms with van der Waals surface area (Å²) in [6, 6.07) is 28.3. The van der Waals surface area contributed by atoms with Crippen LogP contribution in [0.3, 0.4) is 0 Å². The summed E-state index contributed by atoms with van der Waals surface area (Å²) in [6.45, 7) is 4.76. The number of aryl methyl sites for hydroxylation is 1. The number of hydrogen-bond acceptors (Lipinski definition) is 3. The molecule has 1 heterocycles. The molecule has 5 heteroatoms. The standard InChI is InChI=1S/C29H32N2O3/c1-22-12-14-23(15-13-22)26(16-17-27(32)33)30-18-20-31(21-19-30)29(34)28(24-8-4-2-5-9-24)25-10-6-3-7-11-25/h2-15,26,28H,16-21H2,1H3,(H,32,33)/t26-/m0/s1. The summed E-state index contributed by atoms with van der Waals surface area (Å²) in [7, 11) is 0. The van der Waals surface area contributed by atoms with E-state index in [1.165, 1.54) is 5.56 Å². The van der Waals surface area contributed by atoms with Crippen molar-refractivity contribution in [3.63, 3.8) is 0 Å². The maximum Gasteiger partial charge on any atom is 0.303 e. The molecule has 0 spiro atoms. The highest BCUT2D eigenvalue weighted by atomic mass is 16.4. The molecule has 0 saturated carbocycles. The van der Waals surface area contributed by atoms with Gasteiger partial charge in [-0.2, -0.15) is 0 Å². The van der Waals surface area contributed by atoms with Gasteiger partial charge in [-0.25, -0.2) is 0 Å². The normalized spacial score (nSPS) is 15.3. The maximum atomic E-state index is 13.7. The molecule has 1 amide bonds. The Morgan fingerprint density at radius 3 is 1.79 bits per heavy atom. The van der Waals surface area contributed by atoms with Crippen LogP contribution < -0.4 is 0 Å². The molecular formula is C29H32N2O3. The van der Waals surface area contributed by atoms with E-state index in [0.29, 0.717) is 19.5 Å². The second-order valence-electron chi connectivity index (χ2n) is 8.97. The molecule has 1 saturated heterocycles. The Hall–Kier alpha value is -3.44. The summed E-state index contributed by atoms with van der Waals surface area (Å²) in [6.07, 6.45) is 0.685. The summed E-state index contributed by atoms with van der Waals surface area (Å²) < 4.78 is 0. The summed E-state index contributed by atoms with van der Waals surface area (Å²) in [5, 5.41) is 9.27. The molecule has 3 aromatic rings. The van der Waals surface area contributed by atoms with Crippen LogP contribution in [0.5, 0.6) is 0 Å². The van der Waals surface area contributed by atoms with E-state index in [2.05, 4.69) is 36.1 Å². The quantitative estimate of drug-likeness (QED) is 0.525. The van der Waals surface area contributed by atoms with Gasteiger partial charge in [0.2, 0.25) is 5.91 Å². The minimum atomic E-state index is -0.778. The Morgan fingerprint density at radius 1 is 0.765 bits per heavy atom. The van der Waals surface area contributed by atoms with Gasteiger partial charge >= 0.3 is 5.97 Å². The van der Waals surface area contributed by atoms with E-state index >= 15 is 0 Å². The van der Waals surface area contributed by atoms with Crippen molar-refractivity contribution in [1.82, 2.24) is 9.80 Å². The zero-order chi connectivity index (χ0) is 23.9. The van der Waals surface area contributed by atoms with Crippen LogP contribution >= 0.6 is 0 Å². The van der Waals surface area contributed by atoms with Crippen LogP contribution in [0, 0.1) is 6.92 Å². The third kappa shape index (κ3) is 5.72. The Kier molecular flexibility index (Phi) is 7.76. The van der Waals surface area contributed by atoms with Crippen LogP contribution in [-0.4, -0.2) is 53.0 Å². The van der Waals surface area contributed by atoms with Crippen molar-refractivity contribution in [1.29, 1.82) is 0 Å². The number of piperazine rings is 1. The molecule has 34 heavy (non-hydrogen) atoms. The Morgan fingerprint density at radius 2 is 1.29 bits per heavy atom. The number of benzene rings is 3. The molecule has 1 aliphatic rings. The molecule has 0 radical (unpaired) electrons. The highest BCUT2D eigenvalue weighted by molar-refractivity contribution is 5.87. The number of amides is 1. The highest BCUT2D eigenvalue weighted by Crippen LogP contribution is 2.30. The van der Waals surface area contributed by atoms with E-state index in [1.807, 2.05) is 65.6 Å². The third-order valence-electron chi connectivity index (χ3n) is 6.67. The number of carboxylic acids is 1.